The minimum atomic E-state index is -0.770. The van der Waals surface area contributed by atoms with Crippen molar-refractivity contribution in [1.29, 1.82) is 0 Å². The number of carbonyl (C=O) groups is 4. The minimum Gasteiger partial charge on any atom is -0.488 e. The SMILES string of the molecule is CCC(NC(=O)OC)C(=O)N1C[C@@H](CO)C[C@H]1c1nc2c(ccc3cc4c(cc32)OCc2cc(-c3cnc([C@@H]5CC[C@H](C)N5C(=O)C(NC(=O)OC)[C@@H](C)CC)[nH]3)ccc2-4)[nH]1. The maximum atomic E-state index is 14.0. The number of nitrogens with zero attached hydrogens (tertiary/aromatic N) is 4. The lowest BCUT2D eigenvalue weighted by Crippen LogP contribution is -2.53. The maximum absolute atomic E-state index is 14.0. The number of aromatic nitrogens is 4. The Morgan fingerprint density at radius 1 is 0.934 bits per heavy atom. The van der Waals surface area contributed by atoms with Crippen molar-refractivity contribution >= 4 is 45.8 Å². The average Bonchev–Trinajstić information content (AvgIpc) is 4.11. The first kappa shape index (κ1) is 41.6. The molecule has 16 heteroatoms. The lowest BCUT2D eigenvalue weighted by atomic mass is 9.92. The van der Waals surface area contributed by atoms with Gasteiger partial charge in [-0.25, -0.2) is 19.6 Å². The van der Waals surface area contributed by atoms with E-state index in [4.69, 9.17) is 24.2 Å². The molecule has 3 aromatic carbocycles. The van der Waals surface area contributed by atoms with E-state index in [2.05, 4.69) is 44.9 Å². The van der Waals surface area contributed by atoms with Crippen LogP contribution in [-0.2, 0) is 25.7 Å². The highest BCUT2D eigenvalue weighted by molar-refractivity contribution is 6.07. The van der Waals surface area contributed by atoms with Crippen molar-refractivity contribution in [1.82, 2.24) is 40.4 Å². The fraction of sp³-hybridized carbons (Fsp3) is 0.467. The molecule has 0 bridgehead atoms. The first-order valence-electron chi connectivity index (χ1n) is 21.2. The molecule has 61 heavy (non-hydrogen) atoms. The molecule has 5 aromatic rings. The highest BCUT2D eigenvalue weighted by Gasteiger charge is 2.42. The van der Waals surface area contributed by atoms with Gasteiger partial charge in [0.1, 0.15) is 36.1 Å². The Balaban J connectivity index is 1.05. The number of rotatable bonds is 11. The summed E-state index contributed by atoms with van der Waals surface area (Å²) < 4.78 is 16.0. The van der Waals surface area contributed by atoms with E-state index in [1.54, 1.807) is 4.90 Å². The van der Waals surface area contributed by atoms with Crippen LogP contribution in [0, 0.1) is 11.8 Å². The first-order valence-corrected chi connectivity index (χ1v) is 21.2. The lowest BCUT2D eigenvalue weighted by Gasteiger charge is -2.33. The molecule has 0 saturated carbocycles. The summed E-state index contributed by atoms with van der Waals surface area (Å²) in [4.78, 5) is 72.3. The third kappa shape index (κ3) is 7.73. The van der Waals surface area contributed by atoms with Crippen LogP contribution in [0.25, 0.3) is 44.2 Å². The van der Waals surface area contributed by atoms with Crippen molar-refractivity contribution < 1.29 is 38.5 Å². The van der Waals surface area contributed by atoms with Gasteiger partial charge in [-0.1, -0.05) is 45.4 Å². The fourth-order valence-electron chi connectivity index (χ4n) is 9.23. The molecule has 3 aliphatic heterocycles. The number of fused-ring (bicyclic) bond motifs is 6. The van der Waals surface area contributed by atoms with Crippen molar-refractivity contribution in [2.45, 2.75) is 96.6 Å². The standard InChI is InChI=1S/C45H54N8O8/c1-7-23(3)38(51-45(58)60-6)43(56)53-24(4)9-14-35(53)40-46-19-34(48-40)27-10-12-29-28(16-27)22-61-37-18-30-26(17-31(29)37)11-13-33-39(30)50-41(47-33)36-15-25(21-54)20-52(36)42(55)32(8-2)49-44(57)59-5/h10-13,16-19,23-25,32,35-36,38,54H,7-9,14-15,20-22H2,1-6H3,(H,46,48)(H,47,50)(H,49,57)(H,51,58)/t23-,24-,25-,32?,35-,36-,38?/m0/s1. The van der Waals surface area contributed by atoms with Gasteiger partial charge in [0, 0.05) is 36.1 Å². The highest BCUT2D eigenvalue weighted by Crippen LogP contribution is 2.44. The second kappa shape index (κ2) is 17.1. The number of H-pyrrole nitrogens is 2. The Bertz CT molecular complexity index is 2480. The summed E-state index contributed by atoms with van der Waals surface area (Å²) in [5, 5.41) is 17.4. The predicted octanol–water partition coefficient (Wildman–Crippen LogP) is 6.50. The molecule has 4 amide bonds. The number of benzene rings is 3. The molecule has 3 aliphatic rings. The molecule has 5 heterocycles. The van der Waals surface area contributed by atoms with Gasteiger partial charge in [0.2, 0.25) is 11.8 Å². The Morgan fingerprint density at radius 2 is 1.72 bits per heavy atom. The van der Waals surface area contributed by atoms with Crippen LogP contribution in [0.1, 0.15) is 89.1 Å². The van der Waals surface area contributed by atoms with E-state index in [1.165, 1.54) is 14.2 Å². The Hall–Kier alpha value is -6.16. The molecular formula is C45H54N8O8. The van der Waals surface area contributed by atoms with Gasteiger partial charge in [-0.05, 0) is 84.9 Å². The van der Waals surface area contributed by atoms with Gasteiger partial charge in [-0.2, -0.15) is 0 Å². The Morgan fingerprint density at radius 3 is 2.46 bits per heavy atom. The monoisotopic (exact) mass is 834 g/mol. The predicted molar refractivity (Wildman–Crippen MR) is 227 cm³/mol. The van der Waals surface area contributed by atoms with Gasteiger partial charge in [0.15, 0.2) is 0 Å². The Labute approximate surface area is 353 Å². The number of amides is 4. The summed E-state index contributed by atoms with van der Waals surface area (Å²) in [6.07, 6.45) is 3.69. The third-order valence-electron chi connectivity index (χ3n) is 12.9. The zero-order valence-corrected chi connectivity index (χ0v) is 35.4. The van der Waals surface area contributed by atoms with Crippen LogP contribution < -0.4 is 15.4 Å². The second-order valence-corrected chi connectivity index (χ2v) is 16.6. The molecule has 0 radical (unpaired) electrons. The molecule has 2 saturated heterocycles. The van der Waals surface area contributed by atoms with Gasteiger partial charge < -0.3 is 49.7 Å². The second-order valence-electron chi connectivity index (χ2n) is 16.6. The summed E-state index contributed by atoms with van der Waals surface area (Å²) in [6.45, 7) is 8.44. The number of likely N-dealkylation sites (tertiary alicyclic amines) is 2. The normalized spacial score (nSPS) is 21.0. The largest absolute Gasteiger partial charge is 0.488 e. The smallest absolute Gasteiger partial charge is 0.407 e. The van der Waals surface area contributed by atoms with E-state index < -0.39 is 30.3 Å². The molecule has 322 valence electrons. The number of hydrogen-bond acceptors (Lipinski definition) is 10. The summed E-state index contributed by atoms with van der Waals surface area (Å²) in [7, 11) is 2.56. The van der Waals surface area contributed by atoms with Crippen molar-refractivity contribution in [3.05, 3.63) is 65.9 Å². The molecule has 2 unspecified atom stereocenters. The molecule has 7 atom stereocenters. The topological polar surface area (TPSA) is 204 Å². The number of nitrogens with one attached hydrogen (secondary N) is 4. The van der Waals surface area contributed by atoms with E-state index in [1.807, 2.05) is 57.0 Å². The average molecular weight is 835 g/mol. The van der Waals surface area contributed by atoms with Crippen LogP contribution in [0.2, 0.25) is 0 Å². The minimum absolute atomic E-state index is 0.0231. The molecular weight excluding hydrogens is 781 g/mol. The lowest BCUT2D eigenvalue weighted by molar-refractivity contribution is -0.137. The molecule has 0 spiro atoms. The Kier molecular flexibility index (Phi) is 11.6. The zero-order chi connectivity index (χ0) is 43.1. The number of ether oxygens (including phenoxy) is 3. The van der Waals surface area contributed by atoms with Crippen molar-refractivity contribution in [2.24, 2.45) is 11.8 Å². The van der Waals surface area contributed by atoms with Crippen molar-refractivity contribution in [2.75, 3.05) is 27.4 Å². The molecule has 5 N–H and O–H groups in total. The van der Waals surface area contributed by atoms with Crippen LogP contribution in [0.5, 0.6) is 5.75 Å². The van der Waals surface area contributed by atoms with Crippen LogP contribution >= 0.6 is 0 Å². The van der Waals surface area contributed by atoms with E-state index >= 15 is 0 Å². The summed E-state index contributed by atoms with van der Waals surface area (Å²) in [5.41, 5.74) is 6.39. The number of aliphatic hydroxyl groups excluding tert-OH is 1. The molecule has 2 aromatic heterocycles. The van der Waals surface area contributed by atoms with Crippen LogP contribution in [0.15, 0.2) is 48.7 Å². The highest BCUT2D eigenvalue weighted by atomic mass is 16.5. The number of alkyl carbamates (subject to hydrolysis) is 2. The van der Waals surface area contributed by atoms with E-state index in [0.29, 0.717) is 44.1 Å². The molecule has 2 fully saturated rings. The van der Waals surface area contributed by atoms with Crippen LogP contribution in [0.4, 0.5) is 9.59 Å². The quantitative estimate of drug-likeness (QED) is 0.0977. The van der Waals surface area contributed by atoms with Gasteiger partial charge in [-0.15, -0.1) is 0 Å². The van der Waals surface area contributed by atoms with Gasteiger partial charge in [-0.3, -0.25) is 9.59 Å². The summed E-state index contributed by atoms with van der Waals surface area (Å²) >= 11 is 0. The van der Waals surface area contributed by atoms with E-state index in [0.717, 1.165) is 68.3 Å². The van der Waals surface area contributed by atoms with Gasteiger partial charge >= 0.3 is 12.2 Å². The van der Waals surface area contributed by atoms with E-state index in [-0.39, 0.29) is 42.3 Å². The number of methoxy groups -OCH3 is 2. The van der Waals surface area contributed by atoms with Crippen molar-refractivity contribution in [3.8, 4) is 28.1 Å². The van der Waals surface area contributed by atoms with Crippen molar-refractivity contribution in [3.63, 3.8) is 0 Å². The summed E-state index contributed by atoms with van der Waals surface area (Å²) in [5.74, 6) is 1.45. The molecule has 8 rings (SSSR count). The number of hydrogen-bond donors (Lipinski definition) is 5. The fourth-order valence-corrected chi connectivity index (χ4v) is 9.23. The zero-order valence-electron chi connectivity index (χ0n) is 35.4. The number of aromatic amines is 2. The maximum Gasteiger partial charge on any atom is 0.407 e. The van der Waals surface area contributed by atoms with Crippen LogP contribution in [-0.4, -0.2) is 104 Å². The number of imidazole rings is 2. The van der Waals surface area contributed by atoms with E-state index in [9.17, 15) is 24.3 Å². The van der Waals surface area contributed by atoms with Gasteiger partial charge in [0.05, 0.1) is 49.2 Å². The van der Waals surface area contributed by atoms with Gasteiger partial charge in [0.25, 0.3) is 0 Å². The number of aliphatic hydroxyl groups is 1. The first-order chi connectivity index (χ1) is 29.5. The summed E-state index contributed by atoms with van der Waals surface area (Å²) in [6, 6.07) is 12.3. The third-order valence-corrected chi connectivity index (χ3v) is 12.9. The molecule has 16 nitrogen and oxygen atoms in total. The number of carbonyl (C=O) groups excluding carboxylic acids is 4. The van der Waals surface area contributed by atoms with Crippen LogP contribution in [0.3, 0.4) is 0 Å². The molecule has 0 aliphatic carbocycles.